The zero-order valence-corrected chi connectivity index (χ0v) is 15.3. The van der Waals surface area contributed by atoms with Gasteiger partial charge in [-0.05, 0) is 43.7 Å². The molecule has 0 fully saturated rings. The first-order chi connectivity index (χ1) is 11.9. The van der Waals surface area contributed by atoms with E-state index in [4.69, 9.17) is 0 Å². The van der Waals surface area contributed by atoms with Crippen LogP contribution in [0.4, 0.5) is 0 Å². The number of carbonyl (C=O) groups is 1. The Bertz CT molecular complexity index is 808. The molecule has 7 nitrogen and oxygen atoms in total. The van der Waals surface area contributed by atoms with E-state index in [0.29, 0.717) is 18.5 Å². The van der Waals surface area contributed by atoms with Crippen molar-refractivity contribution in [3.63, 3.8) is 0 Å². The van der Waals surface area contributed by atoms with Crippen LogP contribution in [-0.2, 0) is 10.0 Å². The number of hydrogen-bond acceptors (Lipinski definition) is 5. The summed E-state index contributed by atoms with van der Waals surface area (Å²) in [7, 11) is -1.85. The number of amides is 1. The van der Waals surface area contributed by atoms with Gasteiger partial charge in [0.05, 0.1) is 16.6 Å². The largest absolute Gasteiger partial charge is 0.333 e. The third-order valence-electron chi connectivity index (χ3n) is 3.89. The summed E-state index contributed by atoms with van der Waals surface area (Å²) in [6.07, 6.45) is 3.77. The Balaban J connectivity index is 2.15. The second-order valence-electron chi connectivity index (χ2n) is 5.65. The Morgan fingerprint density at radius 3 is 2.48 bits per heavy atom. The maximum atomic E-state index is 12.6. The third-order valence-corrected chi connectivity index (χ3v) is 5.36. The van der Waals surface area contributed by atoms with E-state index in [1.807, 2.05) is 13.8 Å². The molecule has 0 aliphatic rings. The van der Waals surface area contributed by atoms with Gasteiger partial charge in [0, 0.05) is 25.4 Å². The van der Waals surface area contributed by atoms with Crippen molar-refractivity contribution in [3.05, 3.63) is 54.1 Å². The van der Waals surface area contributed by atoms with E-state index >= 15 is 0 Å². The summed E-state index contributed by atoms with van der Waals surface area (Å²) in [5.74, 6) is -0.212. The van der Waals surface area contributed by atoms with Crippen LogP contribution < -0.4 is 4.72 Å². The van der Waals surface area contributed by atoms with Gasteiger partial charge in [-0.2, -0.15) is 0 Å². The van der Waals surface area contributed by atoms with Crippen LogP contribution in [-0.4, -0.2) is 42.8 Å². The first kappa shape index (κ1) is 19.0. The molecule has 1 atom stereocenters. The molecule has 1 heterocycles. The number of nitrogens with one attached hydrogen (secondary N) is 1. The summed E-state index contributed by atoms with van der Waals surface area (Å²) in [5, 5.41) is 0. The van der Waals surface area contributed by atoms with Crippen molar-refractivity contribution >= 4 is 15.9 Å². The molecule has 0 radical (unpaired) electrons. The molecule has 25 heavy (non-hydrogen) atoms. The maximum Gasteiger partial charge on any atom is 0.254 e. The highest BCUT2D eigenvalue weighted by molar-refractivity contribution is 7.89. The normalized spacial score (nSPS) is 12.6. The fourth-order valence-corrected chi connectivity index (χ4v) is 3.36. The monoisotopic (exact) mass is 362 g/mol. The van der Waals surface area contributed by atoms with E-state index < -0.39 is 10.0 Å². The number of benzene rings is 1. The summed E-state index contributed by atoms with van der Waals surface area (Å²) in [6.45, 7) is 4.13. The fourth-order valence-electron chi connectivity index (χ4n) is 2.22. The molecule has 8 heteroatoms. The maximum absolute atomic E-state index is 12.6. The summed E-state index contributed by atoms with van der Waals surface area (Å²) in [4.78, 5) is 22.3. The van der Waals surface area contributed by atoms with Gasteiger partial charge >= 0.3 is 0 Å². The summed E-state index contributed by atoms with van der Waals surface area (Å²) < 4.78 is 26.7. The van der Waals surface area contributed by atoms with Gasteiger partial charge in [-0.1, -0.05) is 6.92 Å². The molecule has 2 aromatic rings. The number of aromatic nitrogens is 2. The van der Waals surface area contributed by atoms with Crippen molar-refractivity contribution in [2.45, 2.75) is 31.2 Å². The van der Waals surface area contributed by atoms with E-state index in [2.05, 4.69) is 14.7 Å². The predicted molar refractivity (Wildman–Crippen MR) is 94.5 cm³/mol. The molecule has 1 aromatic carbocycles. The van der Waals surface area contributed by atoms with Crippen molar-refractivity contribution in [1.29, 1.82) is 0 Å². The molecule has 0 saturated carbocycles. The Kier molecular flexibility index (Phi) is 6.22. The lowest BCUT2D eigenvalue weighted by atomic mass is 10.1. The van der Waals surface area contributed by atoms with Gasteiger partial charge < -0.3 is 4.90 Å². The Morgan fingerprint density at radius 1 is 1.24 bits per heavy atom. The van der Waals surface area contributed by atoms with Crippen LogP contribution >= 0.6 is 0 Å². The lowest BCUT2D eigenvalue weighted by Crippen LogP contribution is -2.30. The molecule has 0 bridgehead atoms. The van der Waals surface area contributed by atoms with Gasteiger partial charge in [-0.3, -0.25) is 4.79 Å². The van der Waals surface area contributed by atoms with Crippen LogP contribution in [0.3, 0.4) is 0 Å². The van der Waals surface area contributed by atoms with Crippen LogP contribution in [0.1, 0.15) is 42.4 Å². The van der Waals surface area contributed by atoms with E-state index in [9.17, 15) is 13.2 Å². The molecule has 134 valence electrons. The van der Waals surface area contributed by atoms with Gasteiger partial charge in [-0.15, -0.1) is 0 Å². The molecule has 0 aliphatic heterocycles. The number of carbonyl (C=O) groups excluding carboxylic acids is 1. The highest BCUT2D eigenvalue weighted by Gasteiger charge is 2.21. The van der Waals surface area contributed by atoms with Gasteiger partial charge in [0.15, 0.2) is 0 Å². The zero-order chi connectivity index (χ0) is 18.4. The second-order valence-corrected chi connectivity index (χ2v) is 7.42. The Morgan fingerprint density at radius 2 is 1.92 bits per heavy atom. The van der Waals surface area contributed by atoms with Crippen LogP contribution in [0.25, 0.3) is 0 Å². The highest BCUT2D eigenvalue weighted by atomic mass is 32.2. The van der Waals surface area contributed by atoms with E-state index in [0.717, 1.165) is 5.69 Å². The van der Waals surface area contributed by atoms with Crippen molar-refractivity contribution < 1.29 is 13.2 Å². The van der Waals surface area contributed by atoms with E-state index in [-0.39, 0.29) is 16.8 Å². The molecular weight excluding hydrogens is 340 g/mol. The standard InChI is InChI=1S/C17H22N4O3S/c1-4-10-20-25(23,24)15-7-5-14(6-8-15)17(22)21(3)13(2)16-9-11-18-12-19-16/h5-9,11-13,20H,4,10H2,1-3H3. The summed E-state index contributed by atoms with van der Waals surface area (Å²) in [5.41, 5.74) is 1.15. The lowest BCUT2D eigenvalue weighted by Gasteiger charge is -2.24. The Labute approximate surface area is 148 Å². The molecule has 1 unspecified atom stereocenters. The SMILES string of the molecule is CCCNS(=O)(=O)c1ccc(C(=O)N(C)C(C)c2ccncn2)cc1. The number of sulfonamides is 1. The number of rotatable bonds is 7. The molecular formula is C17H22N4O3S. The number of hydrogen-bond donors (Lipinski definition) is 1. The number of nitrogens with zero attached hydrogens (tertiary/aromatic N) is 3. The minimum atomic E-state index is -3.54. The first-order valence-corrected chi connectivity index (χ1v) is 9.48. The van der Waals surface area contributed by atoms with Crippen molar-refractivity contribution in [3.8, 4) is 0 Å². The smallest absolute Gasteiger partial charge is 0.254 e. The zero-order valence-electron chi connectivity index (χ0n) is 14.5. The molecule has 1 N–H and O–H groups in total. The average molecular weight is 362 g/mol. The molecule has 1 amide bonds. The van der Waals surface area contributed by atoms with Gasteiger partial charge in [0.1, 0.15) is 6.33 Å². The molecule has 0 aliphatic carbocycles. The quantitative estimate of drug-likeness (QED) is 0.813. The van der Waals surface area contributed by atoms with Gasteiger partial charge in [0.2, 0.25) is 10.0 Å². The topological polar surface area (TPSA) is 92.3 Å². The van der Waals surface area contributed by atoms with Crippen LogP contribution in [0.15, 0.2) is 47.8 Å². The van der Waals surface area contributed by atoms with Crippen molar-refractivity contribution in [1.82, 2.24) is 19.6 Å². The molecule has 0 saturated heterocycles. The molecule has 2 rings (SSSR count). The summed E-state index contributed by atoms with van der Waals surface area (Å²) >= 11 is 0. The van der Waals surface area contributed by atoms with Crippen LogP contribution in [0.5, 0.6) is 0 Å². The van der Waals surface area contributed by atoms with Crippen molar-refractivity contribution in [2.75, 3.05) is 13.6 Å². The van der Waals surface area contributed by atoms with Crippen molar-refractivity contribution in [2.24, 2.45) is 0 Å². The van der Waals surface area contributed by atoms with Crippen LogP contribution in [0, 0.1) is 0 Å². The van der Waals surface area contributed by atoms with Crippen LogP contribution in [0.2, 0.25) is 0 Å². The molecule has 1 aromatic heterocycles. The first-order valence-electron chi connectivity index (χ1n) is 7.99. The average Bonchev–Trinajstić information content (AvgIpc) is 2.65. The fraction of sp³-hybridized carbons (Fsp3) is 0.353. The van der Waals surface area contributed by atoms with Gasteiger partial charge in [-0.25, -0.2) is 23.1 Å². The minimum absolute atomic E-state index is 0.143. The highest BCUT2D eigenvalue weighted by Crippen LogP contribution is 2.19. The van der Waals surface area contributed by atoms with E-state index in [1.165, 1.54) is 30.6 Å². The Hall–Kier alpha value is -2.32. The lowest BCUT2D eigenvalue weighted by molar-refractivity contribution is 0.0739. The second kappa shape index (κ2) is 8.17. The predicted octanol–water partition coefficient (Wildman–Crippen LogP) is 2.00. The molecule has 0 spiro atoms. The minimum Gasteiger partial charge on any atom is -0.333 e. The van der Waals surface area contributed by atoms with Gasteiger partial charge in [0.25, 0.3) is 5.91 Å². The summed E-state index contributed by atoms with van der Waals surface area (Å²) in [6, 6.07) is 7.44. The third kappa shape index (κ3) is 4.61. The van der Waals surface area contributed by atoms with E-state index in [1.54, 1.807) is 24.2 Å².